The smallest absolute Gasteiger partial charge is 0.122 e. The van der Waals surface area contributed by atoms with E-state index in [9.17, 15) is 5.11 Å². The molecule has 0 bridgehead atoms. The minimum Gasteiger partial charge on any atom is -0.496 e. The molecule has 100 valence electrons. The van der Waals surface area contributed by atoms with Crippen LogP contribution in [0, 0.1) is 13.8 Å². The van der Waals surface area contributed by atoms with E-state index in [4.69, 9.17) is 15.2 Å². The summed E-state index contributed by atoms with van der Waals surface area (Å²) in [6.07, 6.45) is 0. The van der Waals surface area contributed by atoms with E-state index in [1.807, 2.05) is 19.9 Å². The van der Waals surface area contributed by atoms with Gasteiger partial charge >= 0.3 is 0 Å². The highest BCUT2D eigenvalue weighted by molar-refractivity contribution is 5.46. The quantitative estimate of drug-likeness (QED) is 0.834. The van der Waals surface area contributed by atoms with E-state index in [-0.39, 0.29) is 18.1 Å². The summed E-state index contributed by atoms with van der Waals surface area (Å²) in [4.78, 5) is 0. The highest BCUT2D eigenvalue weighted by atomic mass is 16.5. The van der Waals surface area contributed by atoms with Crippen LogP contribution in [0.3, 0.4) is 0 Å². The van der Waals surface area contributed by atoms with Gasteiger partial charge in [0.15, 0.2) is 0 Å². The predicted octanol–water partition coefficient (Wildman–Crippen LogP) is 0.900. The molecule has 1 unspecified atom stereocenters. The van der Waals surface area contributed by atoms with Gasteiger partial charge in [0.05, 0.1) is 32.3 Å². The van der Waals surface area contributed by atoms with Crippen molar-refractivity contribution in [2.75, 3.05) is 26.9 Å². The lowest BCUT2D eigenvalue weighted by molar-refractivity contribution is -0.0801. The number of hydrogen-bond donors (Lipinski definition) is 2. The first-order valence-corrected chi connectivity index (χ1v) is 6.15. The van der Waals surface area contributed by atoms with Crippen molar-refractivity contribution in [3.05, 3.63) is 28.8 Å². The van der Waals surface area contributed by atoms with Crippen molar-refractivity contribution in [1.29, 1.82) is 0 Å². The van der Waals surface area contributed by atoms with Crippen LogP contribution in [0.5, 0.6) is 5.75 Å². The summed E-state index contributed by atoms with van der Waals surface area (Å²) in [6, 6.07) is 3.83. The van der Waals surface area contributed by atoms with Crippen LogP contribution >= 0.6 is 0 Å². The lowest BCUT2D eigenvalue weighted by atomic mass is 9.71. The standard InChI is InChI=1S/C14H21NO3/c1-9-5-12(17-3)10(2)4-11(9)14(7-18-8-14)13(15)6-16/h4-5,13,16H,6-8,15H2,1-3H3. The van der Waals surface area contributed by atoms with E-state index in [1.165, 1.54) is 0 Å². The van der Waals surface area contributed by atoms with Gasteiger partial charge in [-0.25, -0.2) is 0 Å². The van der Waals surface area contributed by atoms with Crippen molar-refractivity contribution in [2.24, 2.45) is 5.73 Å². The SMILES string of the molecule is COc1cc(C)c(C2(C(N)CO)COC2)cc1C. The third-order valence-corrected chi connectivity index (χ3v) is 3.90. The zero-order chi connectivity index (χ0) is 13.3. The van der Waals surface area contributed by atoms with Gasteiger partial charge in [0.1, 0.15) is 5.75 Å². The Morgan fingerprint density at radius 2 is 2.06 bits per heavy atom. The molecule has 0 radical (unpaired) electrons. The monoisotopic (exact) mass is 251 g/mol. The number of rotatable bonds is 4. The summed E-state index contributed by atoms with van der Waals surface area (Å²) in [6.45, 7) is 5.16. The molecule has 0 spiro atoms. The Kier molecular flexibility index (Phi) is 3.61. The molecule has 1 saturated heterocycles. The average molecular weight is 251 g/mol. The van der Waals surface area contributed by atoms with E-state index in [0.717, 1.165) is 22.4 Å². The largest absolute Gasteiger partial charge is 0.496 e. The van der Waals surface area contributed by atoms with Gasteiger partial charge < -0.3 is 20.3 Å². The molecule has 18 heavy (non-hydrogen) atoms. The second-order valence-corrected chi connectivity index (χ2v) is 5.07. The van der Waals surface area contributed by atoms with E-state index < -0.39 is 0 Å². The zero-order valence-corrected chi connectivity index (χ0v) is 11.2. The van der Waals surface area contributed by atoms with Gasteiger partial charge in [0.2, 0.25) is 0 Å². The van der Waals surface area contributed by atoms with Crippen molar-refractivity contribution in [2.45, 2.75) is 25.3 Å². The van der Waals surface area contributed by atoms with E-state index in [0.29, 0.717) is 13.2 Å². The van der Waals surface area contributed by atoms with Crippen molar-refractivity contribution >= 4 is 0 Å². The topological polar surface area (TPSA) is 64.7 Å². The molecule has 3 N–H and O–H groups in total. The third kappa shape index (κ3) is 1.90. The highest BCUT2D eigenvalue weighted by Gasteiger charge is 2.46. The van der Waals surface area contributed by atoms with Crippen LogP contribution in [0.2, 0.25) is 0 Å². The van der Waals surface area contributed by atoms with Crippen LogP contribution in [0.15, 0.2) is 12.1 Å². The van der Waals surface area contributed by atoms with Gasteiger partial charge in [-0.05, 0) is 36.6 Å². The minimum absolute atomic E-state index is 0.0339. The molecule has 1 aliphatic rings. The van der Waals surface area contributed by atoms with Gasteiger partial charge in [0.25, 0.3) is 0 Å². The molecule has 1 aliphatic heterocycles. The Balaban J connectivity index is 2.46. The number of hydrogen-bond acceptors (Lipinski definition) is 4. The average Bonchev–Trinajstić information content (AvgIpc) is 2.31. The van der Waals surface area contributed by atoms with Crippen molar-refractivity contribution in [3.8, 4) is 5.75 Å². The summed E-state index contributed by atoms with van der Waals surface area (Å²) in [5.41, 5.74) is 9.19. The molecule has 0 aromatic heterocycles. The maximum Gasteiger partial charge on any atom is 0.122 e. The summed E-state index contributed by atoms with van der Waals surface area (Å²) in [7, 11) is 1.67. The van der Waals surface area contributed by atoms with E-state index in [2.05, 4.69) is 6.07 Å². The number of methoxy groups -OCH3 is 1. The van der Waals surface area contributed by atoms with Crippen LogP contribution in [0.4, 0.5) is 0 Å². The molecule has 1 heterocycles. The Morgan fingerprint density at radius 3 is 2.50 bits per heavy atom. The Bertz CT molecular complexity index is 441. The van der Waals surface area contributed by atoms with Crippen LogP contribution in [-0.2, 0) is 10.2 Å². The summed E-state index contributed by atoms with van der Waals surface area (Å²) in [5, 5.41) is 9.35. The number of aliphatic hydroxyl groups is 1. The van der Waals surface area contributed by atoms with Crippen LogP contribution in [-0.4, -0.2) is 38.1 Å². The van der Waals surface area contributed by atoms with Crippen molar-refractivity contribution < 1.29 is 14.6 Å². The minimum atomic E-state index is -0.294. The number of aliphatic hydroxyl groups excluding tert-OH is 1. The maximum atomic E-state index is 9.35. The van der Waals surface area contributed by atoms with Gasteiger partial charge in [-0.3, -0.25) is 0 Å². The summed E-state index contributed by atoms with van der Waals surface area (Å²) in [5.74, 6) is 0.879. The summed E-state index contributed by atoms with van der Waals surface area (Å²) < 4.78 is 10.7. The molecule has 4 heteroatoms. The molecular weight excluding hydrogens is 230 g/mol. The van der Waals surface area contributed by atoms with E-state index >= 15 is 0 Å². The molecule has 0 saturated carbocycles. The van der Waals surface area contributed by atoms with Crippen molar-refractivity contribution in [1.82, 2.24) is 0 Å². The number of aryl methyl sites for hydroxylation is 2. The molecule has 4 nitrogen and oxygen atoms in total. The second-order valence-electron chi connectivity index (χ2n) is 5.07. The first-order chi connectivity index (χ1) is 8.55. The molecule has 2 rings (SSSR count). The Morgan fingerprint density at radius 1 is 1.39 bits per heavy atom. The Labute approximate surface area is 108 Å². The first kappa shape index (κ1) is 13.3. The van der Waals surface area contributed by atoms with Gasteiger partial charge in [0, 0.05) is 6.04 Å². The molecule has 1 aromatic carbocycles. The van der Waals surface area contributed by atoms with Crippen LogP contribution < -0.4 is 10.5 Å². The summed E-state index contributed by atoms with van der Waals surface area (Å²) >= 11 is 0. The molecule has 1 fully saturated rings. The fourth-order valence-electron chi connectivity index (χ4n) is 2.61. The third-order valence-electron chi connectivity index (χ3n) is 3.90. The molecular formula is C14H21NO3. The number of benzene rings is 1. The fraction of sp³-hybridized carbons (Fsp3) is 0.571. The molecule has 1 atom stereocenters. The maximum absolute atomic E-state index is 9.35. The fourth-order valence-corrected chi connectivity index (χ4v) is 2.61. The van der Waals surface area contributed by atoms with Gasteiger partial charge in [-0.15, -0.1) is 0 Å². The molecule has 1 aromatic rings. The van der Waals surface area contributed by atoms with Gasteiger partial charge in [-0.2, -0.15) is 0 Å². The lowest BCUT2D eigenvalue weighted by Gasteiger charge is -2.46. The zero-order valence-electron chi connectivity index (χ0n) is 11.2. The number of nitrogens with two attached hydrogens (primary N) is 1. The van der Waals surface area contributed by atoms with Crippen LogP contribution in [0.25, 0.3) is 0 Å². The highest BCUT2D eigenvalue weighted by Crippen LogP contribution is 2.39. The van der Waals surface area contributed by atoms with Crippen LogP contribution in [0.1, 0.15) is 16.7 Å². The predicted molar refractivity (Wildman–Crippen MR) is 70.0 cm³/mol. The second kappa shape index (κ2) is 4.88. The first-order valence-electron chi connectivity index (χ1n) is 6.15. The van der Waals surface area contributed by atoms with Crippen molar-refractivity contribution in [3.63, 3.8) is 0 Å². The molecule has 0 aliphatic carbocycles. The van der Waals surface area contributed by atoms with Gasteiger partial charge in [-0.1, -0.05) is 6.07 Å². The molecule has 0 amide bonds. The van der Waals surface area contributed by atoms with E-state index in [1.54, 1.807) is 7.11 Å². The lowest BCUT2D eigenvalue weighted by Crippen LogP contribution is -2.60. The Hall–Kier alpha value is -1.10. The number of ether oxygens (including phenoxy) is 2. The normalized spacial score (nSPS) is 19.2.